The van der Waals surface area contributed by atoms with Crippen molar-refractivity contribution in [2.24, 2.45) is 0 Å². The van der Waals surface area contributed by atoms with E-state index in [9.17, 15) is 19.7 Å². The number of piperidine rings is 1. The van der Waals surface area contributed by atoms with Gasteiger partial charge in [-0.25, -0.2) is 4.79 Å². The normalized spacial score (nSPS) is 15.0. The zero-order chi connectivity index (χ0) is 18.9. The van der Waals surface area contributed by atoms with Gasteiger partial charge in [0.25, 0.3) is 11.0 Å². The predicted molar refractivity (Wildman–Crippen MR) is 88.5 cm³/mol. The number of pyridine rings is 1. The number of nitrogens with one attached hydrogen (secondary N) is 1. The van der Waals surface area contributed by atoms with Crippen LogP contribution in [-0.4, -0.2) is 48.2 Å². The Labute approximate surface area is 150 Å². The van der Waals surface area contributed by atoms with Crippen molar-refractivity contribution in [2.75, 3.05) is 26.2 Å². The van der Waals surface area contributed by atoms with Crippen LogP contribution in [0.3, 0.4) is 0 Å². The fraction of sp³-hybridized carbons (Fsp3) is 0.562. The average molecular weight is 367 g/mol. The van der Waals surface area contributed by atoms with Crippen LogP contribution in [0.1, 0.15) is 42.8 Å². The Morgan fingerprint density at radius 1 is 1.38 bits per heavy atom. The fourth-order valence-corrected chi connectivity index (χ4v) is 2.60. The zero-order valence-electron chi connectivity index (χ0n) is 14.6. The molecule has 142 valence electrons. The van der Waals surface area contributed by atoms with E-state index in [0.29, 0.717) is 18.7 Å². The summed E-state index contributed by atoms with van der Waals surface area (Å²) in [6.45, 7) is 2.90. The van der Waals surface area contributed by atoms with Gasteiger partial charge in [-0.15, -0.1) is 10.1 Å². The van der Waals surface area contributed by atoms with Gasteiger partial charge in [-0.3, -0.25) is 4.79 Å². The van der Waals surface area contributed by atoms with Gasteiger partial charge in [0.05, 0.1) is 0 Å². The van der Waals surface area contributed by atoms with Crippen LogP contribution in [0.4, 0.5) is 4.79 Å². The van der Waals surface area contributed by atoms with Gasteiger partial charge < -0.3 is 19.8 Å². The van der Waals surface area contributed by atoms with Crippen molar-refractivity contribution >= 4 is 12.0 Å². The molecule has 2 rings (SSSR count). The minimum absolute atomic E-state index is 0.00814. The fourth-order valence-electron chi connectivity index (χ4n) is 2.60. The summed E-state index contributed by atoms with van der Waals surface area (Å²) in [7, 11) is 0. The molecular formula is C16H23N4O6+. The molecular weight excluding hydrogens is 344 g/mol. The largest absolute Gasteiger partial charge is 0.414 e. The lowest BCUT2D eigenvalue weighted by atomic mass is 10.1. The predicted octanol–water partition coefficient (Wildman–Crippen LogP) is 1.05. The lowest BCUT2D eigenvalue weighted by Gasteiger charge is -2.26. The van der Waals surface area contributed by atoms with Crippen molar-refractivity contribution in [3.8, 4) is 0 Å². The highest BCUT2D eigenvalue weighted by atomic mass is 16.9. The number of likely N-dealkylation sites (tertiary alicyclic amines) is 1. The lowest BCUT2D eigenvalue weighted by molar-refractivity contribution is -0.757. The highest BCUT2D eigenvalue weighted by Crippen LogP contribution is 2.12. The van der Waals surface area contributed by atoms with Gasteiger partial charge in [0.2, 0.25) is 0 Å². The first-order valence-corrected chi connectivity index (χ1v) is 8.49. The number of ether oxygens (including phenoxy) is 1. The monoisotopic (exact) mass is 367 g/mol. The van der Waals surface area contributed by atoms with Crippen LogP contribution in [0.5, 0.6) is 0 Å². The van der Waals surface area contributed by atoms with Crippen molar-refractivity contribution in [1.29, 1.82) is 0 Å². The molecule has 1 saturated heterocycles. The molecule has 0 aromatic carbocycles. The van der Waals surface area contributed by atoms with Gasteiger partial charge in [-0.1, -0.05) is 0 Å². The van der Waals surface area contributed by atoms with Crippen molar-refractivity contribution in [1.82, 2.24) is 10.2 Å². The topological polar surface area (TPSA) is 115 Å². The van der Waals surface area contributed by atoms with E-state index in [-0.39, 0.29) is 19.2 Å². The Morgan fingerprint density at radius 3 is 2.81 bits per heavy atom. The van der Waals surface area contributed by atoms with Gasteiger partial charge in [0.15, 0.2) is 12.4 Å². The summed E-state index contributed by atoms with van der Waals surface area (Å²) in [4.78, 5) is 40.1. The van der Waals surface area contributed by atoms with Gasteiger partial charge in [0, 0.05) is 32.6 Å². The van der Waals surface area contributed by atoms with Crippen LogP contribution >= 0.6 is 0 Å². The maximum atomic E-state index is 12.2. The molecule has 1 fully saturated rings. The van der Waals surface area contributed by atoms with E-state index in [2.05, 4.69) is 10.2 Å². The van der Waals surface area contributed by atoms with Crippen LogP contribution in [0.25, 0.3) is 0 Å². The first-order valence-electron chi connectivity index (χ1n) is 8.49. The van der Waals surface area contributed by atoms with Crippen molar-refractivity contribution in [3.63, 3.8) is 0 Å². The van der Waals surface area contributed by atoms with E-state index in [4.69, 9.17) is 4.74 Å². The summed E-state index contributed by atoms with van der Waals surface area (Å²) in [6.07, 6.45) is 5.39. The second-order valence-electron chi connectivity index (χ2n) is 5.88. The van der Waals surface area contributed by atoms with Gasteiger partial charge in [-0.2, -0.15) is 4.57 Å². The summed E-state index contributed by atoms with van der Waals surface area (Å²) >= 11 is 0. The molecule has 0 spiro atoms. The first kappa shape index (κ1) is 19.4. The number of nitrogens with zero attached hydrogens (tertiary/aromatic N) is 3. The minimum Gasteiger partial charge on any atom is -0.386 e. The third-order valence-electron chi connectivity index (χ3n) is 3.97. The average Bonchev–Trinajstić information content (AvgIpc) is 2.65. The molecule has 26 heavy (non-hydrogen) atoms. The van der Waals surface area contributed by atoms with Crippen LogP contribution in [-0.2, 0) is 9.57 Å². The summed E-state index contributed by atoms with van der Waals surface area (Å²) in [5.41, 5.74) is 0.342. The molecule has 0 radical (unpaired) electrons. The number of carbonyl (C=O) groups is 2. The lowest BCUT2D eigenvalue weighted by Crippen LogP contribution is -2.44. The molecule has 10 nitrogen and oxygen atoms in total. The van der Waals surface area contributed by atoms with Crippen LogP contribution in [0.2, 0.25) is 0 Å². The summed E-state index contributed by atoms with van der Waals surface area (Å²) < 4.78 is 7.07. The van der Waals surface area contributed by atoms with Gasteiger partial charge in [0.1, 0.15) is 12.2 Å². The number of amides is 2. The van der Waals surface area contributed by atoms with E-state index >= 15 is 0 Å². The Bertz CT molecular complexity index is 647. The second kappa shape index (κ2) is 9.54. The van der Waals surface area contributed by atoms with Crippen molar-refractivity contribution in [3.05, 3.63) is 40.2 Å². The quantitative estimate of drug-likeness (QED) is 0.333. The third kappa shape index (κ3) is 5.87. The standard InChI is InChI=1S/C16H22N4O6/c1-13(26-16(22)18-8-3-2-4-9-18)19-10-5-6-14(12-19)15(21)17-7-11-25-20(23)24/h5-6,10,12-13H,2-4,7-9,11H2,1H3/p+1. The molecule has 10 heteroatoms. The second-order valence-corrected chi connectivity index (χ2v) is 5.88. The molecule has 0 aliphatic carbocycles. The number of aromatic nitrogens is 1. The molecule has 1 aromatic rings. The van der Waals surface area contributed by atoms with Gasteiger partial charge in [-0.05, 0) is 25.3 Å². The molecule has 0 bridgehead atoms. The van der Waals surface area contributed by atoms with Crippen LogP contribution in [0, 0.1) is 10.1 Å². The third-order valence-corrected chi connectivity index (χ3v) is 3.97. The Morgan fingerprint density at radius 2 is 2.12 bits per heavy atom. The van der Waals surface area contributed by atoms with Gasteiger partial charge >= 0.3 is 12.3 Å². The number of hydrogen-bond acceptors (Lipinski definition) is 6. The Kier molecular flexibility index (Phi) is 7.12. The molecule has 1 N–H and O–H groups in total. The molecule has 1 unspecified atom stereocenters. The smallest absolute Gasteiger partial charge is 0.386 e. The molecule has 2 amide bonds. The molecule has 1 aromatic heterocycles. The number of rotatable bonds is 7. The van der Waals surface area contributed by atoms with E-state index in [1.807, 2.05) is 0 Å². The zero-order valence-corrected chi connectivity index (χ0v) is 14.6. The maximum Gasteiger partial charge on any atom is 0.414 e. The summed E-state index contributed by atoms with van der Waals surface area (Å²) in [5.74, 6) is -0.402. The van der Waals surface area contributed by atoms with Crippen molar-refractivity contribution in [2.45, 2.75) is 32.4 Å². The summed E-state index contributed by atoms with van der Waals surface area (Å²) in [5, 5.41) is 11.7. The number of hydrogen-bond donors (Lipinski definition) is 1. The number of carbonyl (C=O) groups excluding carboxylic acids is 2. The highest BCUT2D eigenvalue weighted by Gasteiger charge is 2.24. The highest BCUT2D eigenvalue weighted by molar-refractivity contribution is 5.93. The molecule has 2 heterocycles. The molecule has 0 saturated carbocycles. The Balaban J connectivity index is 1.89. The Hall–Kier alpha value is -2.91. The van der Waals surface area contributed by atoms with E-state index < -0.39 is 17.2 Å². The summed E-state index contributed by atoms with van der Waals surface area (Å²) in [6, 6.07) is 3.26. The minimum atomic E-state index is -0.916. The van der Waals surface area contributed by atoms with Crippen LogP contribution in [0.15, 0.2) is 24.5 Å². The SMILES string of the molecule is CC(OC(=O)N1CCCCC1)[n+]1cccc(C(=O)NCCO[N+](=O)[O-])c1. The van der Waals surface area contributed by atoms with E-state index in [1.165, 1.54) is 0 Å². The molecule has 1 aliphatic rings. The van der Waals surface area contributed by atoms with E-state index in [1.54, 1.807) is 40.9 Å². The van der Waals surface area contributed by atoms with Crippen LogP contribution < -0.4 is 9.88 Å². The molecule has 1 atom stereocenters. The molecule has 1 aliphatic heterocycles. The van der Waals surface area contributed by atoms with Crippen molar-refractivity contribution < 1.29 is 28.8 Å². The maximum absolute atomic E-state index is 12.2. The first-order chi connectivity index (χ1) is 12.5. The van der Waals surface area contributed by atoms with E-state index in [0.717, 1.165) is 19.3 Å².